The molecule has 0 radical (unpaired) electrons. The van der Waals surface area contributed by atoms with Crippen molar-refractivity contribution < 1.29 is 28.4 Å². The van der Waals surface area contributed by atoms with Crippen LogP contribution in [-0.4, -0.2) is 39.9 Å². The zero-order chi connectivity index (χ0) is 21.5. The van der Waals surface area contributed by atoms with Crippen LogP contribution in [0, 0.1) is 10.1 Å². The lowest BCUT2D eigenvalue weighted by Gasteiger charge is -2.09. The maximum absolute atomic E-state index is 12.0. The van der Waals surface area contributed by atoms with Gasteiger partial charge in [0.15, 0.2) is 11.5 Å². The largest absolute Gasteiger partial charge is 0.493 e. The lowest BCUT2D eigenvalue weighted by molar-refractivity contribution is -0.385. The third-order valence-electron chi connectivity index (χ3n) is 3.65. The number of rotatable bonds is 8. The molecular formula is C18H15N5O7. The molecule has 1 aromatic carbocycles. The molecule has 154 valence electrons. The fourth-order valence-corrected chi connectivity index (χ4v) is 2.29. The minimum Gasteiger partial charge on any atom is -0.493 e. The maximum Gasteiger partial charge on any atom is 0.379 e. The highest BCUT2D eigenvalue weighted by Gasteiger charge is 2.15. The topological polar surface area (TPSA) is 151 Å². The quantitative estimate of drug-likeness (QED) is 0.193. The summed E-state index contributed by atoms with van der Waals surface area (Å²) in [6.45, 7) is -0.240. The minimum atomic E-state index is -0.675. The van der Waals surface area contributed by atoms with Crippen molar-refractivity contribution in [2.75, 3.05) is 7.11 Å². The minimum absolute atomic E-state index is 0.0490. The molecule has 0 spiro atoms. The lowest BCUT2D eigenvalue weighted by Crippen LogP contribution is -2.23. The zero-order valence-electron chi connectivity index (χ0n) is 15.5. The fourth-order valence-electron chi connectivity index (χ4n) is 2.29. The molecule has 3 aromatic rings. The first-order valence-electron chi connectivity index (χ1n) is 8.38. The number of furan rings is 1. The Balaban J connectivity index is 1.59. The third-order valence-corrected chi connectivity index (χ3v) is 3.65. The molecule has 0 saturated carbocycles. The Bertz CT molecular complexity index is 1090. The van der Waals surface area contributed by atoms with Crippen LogP contribution >= 0.6 is 0 Å². The Morgan fingerprint density at radius 1 is 1.37 bits per heavy atom. The number of nitro groups is 1. The smallest absolute Gasteiger partial charge is 0.379 e. The predicted molar refractivity (Wildman–Crippen MR) is 101 cm³/mol. The highest BCUT2D eigenvalue weighted by atomic mass is 16.6. The van der Waals surface area contributed by atoms with Crippen LogP contribution in [0.5, 0.6) is 11.5 Å². The van der Waals surface area contributed by atoms with E-state index in [0.29, 0.717) is 5.56 Å². The van der Waals surface area contributed by atoms with Crippen molar-refractivity contribution in [3.8, 4) is 11.5 Å². The van der Waals surface area contributed by atoms with Gasteiger partial charge in [-0.3, -0.25) is 19.6 Å². The zero-order valence-corrected chi connectivity index (χ0v) is 15.5. The summed E-state index contributed by atoms with van der Waals surface area (Å²) in [4.78, 5) is 33.8. The number of carbonyl (C=O) groups is 2. The second-order valence-corrected chi connectivity index (χ2v) is 5.72. The molecule has 30 heavy (non-hydrogen) atoms. The van der Waals surface area contributed by atoms with E-state index >= 15 is 0 Å². The maximum atomic E-state index is 12.0. The van der Waals surface area contributed by atoms with Crippen molar-refractivity contribution in [2.24, 2.45) is 5.10 Å². The summed E-state index contributed by atoms with van der Waals surface area (Å²) < 4.78 is 16.5. The van der Waals surface area contributed by atoms with Crippen molar-refractivity contribution in [1.82, 2.24) is 15.2 Å². The van der Waals surface area contributed by atoms with Crippen molar-refractivity contribution in [2.45, 2.75) is 6.54 Å². The van der Waals surface area contributed by atoms with Gasteiger partial charge in [0.2, 0.25) is 5.76 Å². The molecule has 0 saturated heterocycles. The molecule has 3 rings (SSSR count). The number of benzene rings is 1. The Hall–Kier alpha value is -4.48. The molecule has 12 nitrogen and oxygen atoms in total. The van der Waals surface area contributed by atoms with Crippen LogP contribution in [0.15, 0.2) is 58.5 Å². The Morgan fingerprint density at radius 2 is 2.20 bits per heavy atom. The monoisotopic (exact) mass is 413 g/mol. The van der Waals surface area contributed by atoms with Gasteiger partial charge in [0.05, 0.1) is 24.5 Å². The first kappa shape index (κ1) is 20.3. The molecule has 2 heterocycles. The number of nitrogens with zero attached hydrogens (tertiary/aromatic N) is 4. The van der Waals surface area contributed by atoms with Gasteiger partial charge in [-0.05, 0) is 35.9 Å². The SMILES string of the molecule is COc1cc(C=NNC(=O)Cn2cc([N+](=O)[O-])cn2)ccc1OC(=O)c1ccco1. The van der Waals surface area contributed by atoms with Crippen molar-refractivity contribution in [1.29, 1.82) is 0 Å². The van der Waals surface area contributed by atoms with E-state index in [1.807, 2.05) is 0 Å². The van der Waals surface area contributed by atoms with Gasteiger partial charge in [0, 0.05) is 0 Å². The lowest BCUT2D eigenvalue weighted by atomic mass is 10.2. The summed E-state index contributed by atoms with van der Waals surface area (Å²) in [6.07, 6.45) is 4.89. The predicted octanol–water partition coefficient (Wildman–Crippen LogP) is 1.76. The van der Waals surface area contributed by atoms with E-state index < -0.39 is 16.8 Å². The normalized spacial score (nSPS) is 10.7. The Labute approximate surface area is 168 Å². The van der Waals surface area contributed by atoms with E-state index in [0.717, 1.165) is 17.1 Å². The van der Waals surface area contributed by atoms with E-state index in [-0.39, 0.29) is 29.5 Å². The summed E-state index contributed by atoms with van der Waals surface area (Å²) in [6, 6.07) is 7.69. The number of nitrogens with one attached hydrogen (secondary N) is 1. The average Bonchev–Trinajstić information content (AvgIpc) is 3.41. The number of ether oxygens (including phenoxy) is 2. The van der Waals surface area contributed by atoms with Gasteiger partial charge >= 0.3 is 11.7 Å². The number of methoxy groups -OCH3 is 1. The molecule has 1 N–H and O–H groups in total. The van der Waals surface area contributed by atoms with Crippen LogP contribution in [0.3, 0.4) is 0 Å². The molecule has 0 aliphatic heterocycles. The highest BCUT2D eigenvalue weighted by molar-refractivity contribution is 5.89. The van der Waals surface area contributed by atoms with Crippen LogP contribution in [0.2, 0.25) is 0 Å². The summed E-state index contributed by atoms with van der Waals surface area (Å²) in [5, 5.41) is 18.1. The van der Waals surface area contributed by atoms with Gasteiger partial charge in [-0.25, -0.2) is 10.2 Å². The fraction of sp³-hybridized carbons (Fsp3) is 0.111. The van der Waals surface area contributed by atoms with Crippen molar-refractivity contribution in [3.05, 3.63) is 70.4 Å². The first-order chi connectivity index (χ1) is 14.5. The van der Waals surface area contributed by atoms with E-state index in [1.54, 1.807) is 18.2 Å². The molecule has 0 atom stereocenters. The van der Waals surface area contributed by atoms with E-state index in [9.17, 15) is 19.7 Å². The summed E-state index contributed by atoms with van der Waals surface area (Å²) >= 11 is 0. The van der Waals surface area contributed by atoms with Crippen LogP contribution in [0.1, 0.15) is 16.1 Å². The summed E-state index contributed by atoms with van der Waals surface area (Å²) in [5.74, 6) is -0.701. The number of hydrogen-bond donors (Lipinski definition) is 1. The second-order valence-electron chi connectivity index (χ2n) is 5.72. The number of esters is 1. The molecule has 0 unspecified atom stereocenters. The molecule has 0 bridgehead atoms. The van der Waals surface area contributed by atoms with Crippen LogP contribution in [0.25, 0.3) is 0 Å². The van der Waals surface area contributed by atoms with Gasteiger partial charge in [-0.15, -0.1) is 0 Å². The molecule has 12 heteroatoms. The van der Waals surface area contributed by atoms with Gasteiger partial charge in [-0.2, -0.15) is 10.2 Å². The van der Waals surface area contributed by atoms with Gasteiger partial charge in [0.1, 0.15) is 18.9 Å². The van der Waals surface area contributed by atoms with Crippen LogP contribution in [0.4, 0.5) is 5.69 Å². The third kappa shape index (κ3) is 5.07. The number of amides is 1. The second kappa shape index (κ2) is 9.14. The number of hydrazone groups is 1. The standard InChI is InChI=1S/C18H15N5O7/c1-28-16-7-12(4-5-14(16)30-18(25)15-3-2-6-29-15)8-19-21-17(24)11-22-10-13(9-20-22)23(26)27/h2-10H,11H2,1H3,(H,21,24). The van der Waals surface area contributed by atoms with Gasteiger partial charge in [0.25, 0.3) is 5.91 Å². The van der Waals surface area contributed by atoms with Gasteiger partial charge < -0.3 is 13.9 Å². The van der Waals surface area contributed by atoms with E-state index in [4.69, 9.17) is 13.9 Å². The van der Waals surface area contributed by atoms with Gasteiger partial charge in [-0.1, -0.05) is 0 Å². The number of carbonyl (C=O) groups excluding carboxylic acids is 2. The molecule has 2 aromatic heterocycles. The highest BCUT2D eigenvalue weighted by Crippen LogP contribution is 2.28. The molecular weight excluding hydrogens is 398 g/mol. The number of hydrogen-bond acceptors (Lipinski definition) is 9. The molecule has 0 fully saturated rings. The summed E-state index contributed by atoms with van der Waals surface area (Å²) in [7, 11) is 1.41. The van der Waals surface area contributed by atoms with Crippen molar-refractivity contribution in [3.63, 3.8) is 0 Å². The van der Waals surface area contributed by atoms with Crippen LogP contribution in [-0.2, 0) is 11.3 Å². The summed E-state index contributed by atoms with van der Waals surface area (Å²) in [5.41, 5.74) is 2.62. The molecule has 0 aliphatic rings. The Morgan fingerprint density at radius 3 is 2.87 bits per heavy atom. The van der Waals surface area contributed by atoms with E-state index in [1.165, 1.54) is 31.7 Å². The molecule has 1 amide bonds. The Kier molecular flexibility index (Phi) is 6.17. The molecule has 0 aliphatic carbocycles. The van der Waals surface area contributed by atoms with E-state index in [2.05, 4.69) is 15.6 Å². The number of aromatic nitrogens is 2. The average molecular weight is 413 g/mol. The van der Waals surface area contributed by atoms with Crippen molar-refractivity contribution >= 4 is 23.8 Å². The first-order valence-corrected chi connectivity index (χ1v) is 8.38. The van der Waals surface area contributed by atoms with Crippen LogP contribution < -0.4 is 14.9 Å².